The van der Waals surface area contributed by atoms with Crippen LogP contribution in [-0.2, 0) is 4.79 Å². The Hall–Kier alpha value is -3.02. The van der Waals surface area contributed by atoms with E-state index < -0.39 is 11.8 Å². The van der Waals surface area contributed by atoms with Gasteiger partial charge in [0.2, 0.25) is 0 Å². The molecule has 2 amide bonds. The third kappa shape index (κ3) is 5.25. The number of hydrazine groups is 1. The van der Waals surface area contributed by atoms with Gasteiger partial charge in [-0.2, -0.15) is 0 Å². The van der Waals surface area contributed by atoms with Crippen molar-refractivity contribution in [1.82, 2.24) is 10.9 Å². The van der Waals surface area contributed by atoms with Gasteiger partial charge in [0.1, 0.15) is 5.75 Å². The summed E-state index contributed by atoms with van der Waals surface area (Å²) >= 11 is 11.7. The topological polar surface area (TPSA) is 67.4 Å². The van der Waals surface area contributed by atoms with Crippen LogP contribution in [0.5, 0.6) is 5.75 Å². The minimum atomic E-state index is -0.539. The van der Waals surface area contributed by atoms with E-state index >= 15 is 0 Å². The maximum Gasteiger partial charge on any atom is 0.276 e. The van der Waals surface area contributed by atoms with Crippen molar-refractivity contribution >= 4 is 35.0 Å². The number of nitrogens with one attached hydrogen (secondary N) is 2. The molecular weight excluding hydrogens is 399 g/mol. The minimum Gasteiger partial charge on any atom is -0.483 e. The van der Waals surface area contributed by atoms with E-state index in [1.165, 1.54) is 18.2 Å². The van der Waals surface area contributed by atoms with E-state index in [9.17, 15) is 9.59 Å². The molecule has 28 heavy (non-hydrogen) atoms. The first-order valence-corrected chi connectivity index (χ1v) is 9.11. The molecule has 0 atom stereocenters. The Morgan fingerprint density at radius 1 is 0.821 bits per heavy atom. The van der Waals surface area contributed by atoms with Gasteiger partial charge in [-0.25, -0.2) is 0 Å². The van der Waals surface area contributed by atoms with Crippen LogP contribution >= 0.6 is 23.2 Å². The van der Waals surface area contributed by atoms with Gasteiger partial charge < -0.3 is 4.74 Å². The highest BCUT2D eigenvalue weighted by molar-refractivity contribution is 6.35. The average Bonchev–Trinajstić information content (AvgIpc) is 2.70. The van der Waals surface area contributed by atoms with Crippen molar-refractivity contribution in [2.75, 3.05) is 6.61 Å². The van der Waals surface area contributed by atoms with Gasteiger partial charge in [0, 0.05) is 21.2 Å². The molecule has 142 valence electrons. The van der Waals surface area contributed by atoms with Crippen LogP contribution < -0.4 is 15.6 Å². The Bertz CT molecular complexity index is 974. The first kappa shape index (κ1) is 19.7. The largest absolute Gasteiger partial charge is 0.483 e. The van der Waals surface area contributed by atoms with Crippen molar-refractivity contribution in [3.8, 4) is 16.9 Å². The molecule has 0 aromatic heterocycles. The summed E-state index contributed by atoms with van der Waals surface area (Å²) in [4.78, 5) is 24.1. The summed E-state index contributed by atoms with van der Waals surface area (Å²) in [7, 11) is 0. The minimum absolute atomic E-state index is 0.230. The van der Waals surface area contributed by atoms with Crippen LogP contribution in [0.15, 0.2) is 72.8 Å². The molecule has 2 N–H and O–H groups in total. The number of halogens is 2. The van der Waals surface area contributed by atoms with E-state index in [2.05, 4.69) is 10.9 Å². The average molecular weight is 415 g/mol. The molecular formula is C21H16Cl2N2O3. The number of carbonyl (C=O) groups excluding carboxylic acids is 2. The van der Waals surface area contributed by atoms with Gasteiger partial charge in [-0.3, -0.25) is 20.4 Å². The Balaban J connectivity index is 1.57. The molecule has 0 saturated heterocycles. The van der Waals surface area contributed by atoms with Crippen molar-refractivity contribution in [1.29, 1.82) is 0 Å². The molecule has 3 aromatic rings. The summed E-state index contributed by atoms with van der Waals surface area (Å²) in [5, 5.41) is 0.648. The lowest BCUT2D eigenvalue weighted by Crippen LogP contribution is -2.43. The van der Waals surface area contributed by atoms with Crippen LogP contribution in [0.3, 0.4) is 0 Å². The smallest absolute Gasteiger partial charge is 0.276 e. The molecule has 0 aliphatic heterocycles. The molecule has 3 aromatic carbocycles. The molecule has 0 aliphatic rings. The first-order valence-electron chi connectivity index (χ1n) is 8.35. The van der Waals surface area contributed by atoms with Gasteiger partial charge in [-0.05, 0) is 29.8 Å². The van der Waals surface area contributed by atoms with Gasteiger partial charge in [0.25, 0.3) is 11.8 Å². The lowest BCUT2D eigenvalue weighted by Gasteiger charge is -2.12. The van der Waals surface area contributed by atoms with Gasteiger partial charge in [0.05, 0.1) is 0 Å². The molecule has 0 saturated carbocycles. The van der Waals surface area contributed by atoms with Crippen molar-refractivity contribution in [2.24, 2.45) is 0 Å². The van der Waals surface area contributed by atoms with Crippen LogP contribution in [0.4, 0.5) is 0 Å². The zero-order valence-corrected chi connectivity index (χ0v) is 16.1. The summed E-state index contributed by atoms with van der Waals surface area (Å²) in [5.41, 5.74) is 6.67. The molecule has 3 rings (SSSR count). The summed E-state index contributed by atoms with van der Waals surface area (Å²) in [6.45, 7) is -0.263. The van der Waals surface area contributed by atoms with E-state index in [4.69, 9.17) is 27.9 Å². The van der Waals surface area contributed by atoms with Gasteiger partial charge in [-0.15, -0.1) is 0 Å². The van der Waals surface area contributed by atoms with E-state index in [-0.39, 0.29) is 12.2 Å². The van der Waals surface area contributed by atoms with Crippen LogP contribution in [0.2, 0.25) is 10.0 Å². The van der Waals surface area contributed by atoms with E-state index in [0.29, 0.717) is 15.8 Å². The maximum atomic E-state index is 12.1. The second kappa shape index (κ2) is 9.26. The second-order valence-corrected chi connectivity index (χ2v) is 6.68. The summed E-state index contributed by atoms with van der Waals surface area (Å²) in [5.74, 6) is -0.483. The Kier molecular flexibility index (Phi) is 6.53. The molecule has 5 nitrogen and oxygen atoms in total. The molecule has 0 fully saturated rings. The molecule has 0 unspecified atom stereocenters. The van der Waals surface area contributed by atoms with Crippen LogP contribution in [-0.4, -0.2) is 18.4 Å². The quantitative estimate of drug-likeness (QED) is 0.603. The molecule has 0 radical (unpaired) electrons. The maximum absolute atomic E-state index is 12.1. The highest BCUT2D eigenvalue weighted by atomic mass is 35.5. The zero-order chi connectivity index (χ0) is 19.9. The molecule has 0 spiro atoms. The highest BCUT2D eigenvalue weighted by Crippen LogP contribution is 2.29. The van der Waals surface area contributed by atoms with Gasteiger partial charge in [-0.1, -0.05) is 71.7 Å². The van der Waals surface area contributed by atoms with Crippen LogP contribution in [0, 0.1) is 0 Å². The number of hydrogen-bond donors (Lipinski definition) is 2. The van der Waals surface area contributed by atoms with Gasteiger partial charge in [0.15, 0.2) is 6.61 Å². The Morgan fingerprint density at radius 2 is 1.46 bits per heavy atom. The SMILES string of the molecule is O=C(COc1ccccc1-c1ccccc1)NNC(=O)c1cc(Cl)cc(Cl)c1. The predicted molar refractivity (Wildman–Crippen MR) is 109 cm³/mol. The normalized spacial score (nSPS) is 10.2. The number of benzene rings is 3. The van der Waals surface area contributed by atoms with Crippen LogP contribution in [0.1, 0.15) is 10.4 Å². The van der Waals surface area contributed by atoms with Crippen molar-refractivity contribution < 1.29 is 14.3 Å². The highest BCUT2D eigenvalue weighted by Gasteiger charge is 2.11. The Morgan fingerprint density at radius 3 is 2.18 bits per heavy atom. The van der Waals surface area contributed by atoms with E-state index in [0.717, 1.165) is 11.1 Å². The van der Waals surface area contributed by atoms with Crippen molar-refractivity contribution in [3.63, 3.8) is 0 Å². The lowest BCUT2D eigenvalue weighted by atomic mass is 10.1. The zero-order valence-electron chi connectivity index (χ0n) is 14.6. The van der Waals surface area contributed by atoms with E-state index in [1.807, 2.05) is 48.5 Å². The fraction of sp³-hybridized carbons (Fsp3) is 0.0476. The van der Waals surface area contributed by atoms with Crippen LogP contribution in [0.25, 0.3) is 11.1 Å². The fourth-order valence-electron chi connectivity index (χ4n) is 2.51. The predicted octanol–water partition coefficient (Wildman–Crippen LogP) is 4.50. The van der Waals surface area contributed by atoms with Crippen molar-refractivity contribution in [2.45, 2.75) is 0 Å². The van der Waals surface area contributed by atoms with E-state index in [1.54, 1.807) is 6.07 Å². The molecule has 0 heterocycles. The Labute approximate surface area is 172 Å². The number of hydrogen-bond acceptors (Lipinski definition) is 3. The summed E-state index contributed by atoms with van der Waals surface area (Å²) < 4.78 is 5.62. The third-order valence-electron chi connectivity index (χ3n) is 3.77. The number of rotatable bonds is 5. The first-order chi connectivity index (χ1) is 13.5. The number of para-hydroxylation sites is 1. The number of carbonyl (C=O) groups is 2. The molecule has 0 bridgehead atoms. The fourth-order valence-corrected chi connectivity index (χ4v) is 3.04. The standard InChI is InChI=1S/C21H16Cl2N2O3/c22-16-10-15(11-17(23)12-16)21(27)25-24-20(26)13-28-19-9-5-4-8-18(19)14-6-2-1-3-7-14/h1-12H,13H2,(H,24,26)(H,25,27). The number of ether oxygens (including phenoxy) is 1. The summed E-state index contributed by atoms with van der Waals surface area (Å²) in [6.07, 6.45) is 0. The second-order valence-electron chi connectivity index (χ2n) is 5.81. The van der Waals surface area contributed by atoms with Gasteiger partial charge >= 0.3 is 0 Å². The third-order valence-corrected chi connectivity index (χ3v) is 4.21. The number of amides is 2. The molecule has 0 aliphatic carbocycles. The monoisotopic (exact) mass is 414 g/mol. The molecule has 7 heteroatoms. The van der Waals surface area contributed by atoms with Crippen molar-refractivity contribution in [3.05, 3.63) is 88.4 Å². The summed E-state index contributed by atoms with van der Waals surface area (Å²) in [6, 6.07) is 21.5. The lowest BCUT2D eigenvalue weighted by molar-refractivity contribution is -0.123.